The molecule has 4 rings (SSSR count). The molecule has 2 aromatic carbocycles. The van der Waals surface area contributed by atoms with Gasteiger partial charge in [-0.15, -0.1) is 0 Å². The molecule has 0 spiro atoms. The van der Waals surface area contributed by atoms with Gasteiger partial charge in [-0.3, -0.25) is 9.59 Å². The van der Waals surface area contributed by atoms with Crippen LogP contribution in [0.1, 0.15) is 17.2 Å². The molecular weight excluding hydrogens is 403 g/mol. The van der Waals surface area contributed by atoms with E-state index in [-0.39, 0.29) is 17.9 Å². The van der Waals surface area contributed by atoms with E-state index in [0.29, 0.717) is 42.4 Å². The maximum Gasteiger partial charge on any atom is 0.295 e. The summed E-state index contributed by atoms with van der Waals surface area (Å²) in [5.74, 6) is -1.21. The Morgan fingerprint density at radius 2 is 1.77 bits per heavy atom. The van der Waals surface area contributed by atoms with E-state index in [9.17, 15) is 19.1 Å². The largest absolute Gasteiger partial charge is 0.507 e. The third-order valence-corrected chi connectivity index (χ3v) is 5.33. The van der Waals surface area contributed by atoms with Crippen LogP contribution >= 0.6 is 0 Å². The van der Waals surface area contributed by atoms with Crippen LogP contribution in [0.15, 0.2) is 48.0 Å². The van der Waals surface area contributed by atoms with Crippen molar-refractivity contribution in [2.75, 3.05) is 40.4 Å². The van der Waals surface area contributed by atoms with Crippen LogP contribution in [-0.2, 0) is 9.59 Å². The van der Waals surface area contributed by atoms with Gasteiger partial charge in [-0.2, -0.15) is 0 Å². The van der Waals surface area contributed by atoms with E-state index in [1.807, 2.05) is 19.0 Å². The highest BCUT2D eigenvalue weighted by Crippen LogP contribution is 2.41. The van der Waals surface area contributed by atoms with Gasteiger partial charge in [0.1, 0.15) is 24.8 Å². The van der Waals surface area contributed by atoms with Crippen molar-refractivity contribution in [3.05, 3.63) is 65.0 Å². The van der Waals surface area contributed by atoms with E-state index >= 15 is 0 Å². The first kappa shape index (κ1) is 20.9. The molecule has 1 amide bonds. The number of hydrogen-bond acceptors (Lipinski definition) is 6. The Hall–Kier alpha value is -3.39. The normalized spacial score (nSPS) is 19.9. The number of amides is 1. The third-order valence-electron chi connectivity index (χ3n) is 5.33. The van der Waals surface area contributed by atoms with Crippen molar-refractivity contribution >= 4 is 17.4 Å². The summed E-state index contributed by atoms with van der Waals surface area (Å²) in [6.07, 6.45) is 0. The van der Waals surface area contributed by atoms with Gasteiger partial charge in [-0.1, -0.05) is 12.1 Å². The molecule has 7 nitrogen and oxygen atoms in total. The SMILES string of the molecule is CN(C)CCN1C(=O)C(=O)/C(=C(/O)c2ccc3c(c2)OCCO3)[C@@H]1c1ccc(F)cc1. The number of hydrogen-bond donors (Lipinski definition) is 1. The number of nitrogens with zero attached hydrogens (tertiary/aromatic N) is 2. The summed E-state index contributed by atoms with van der Waals surface area (Å²) in [6.45, 7) is 1.61. The van der Waals surface area contributed by atoms with Gasteiger partial charge in [0, 0.05) is 18.7 Å². The first-order valence-electron chi connectivity index (χ1n) is 9.95. The van der Waals surface area contributed by atoms with Crippen molar-refractivity contribution in [2.45, 2.75) is 6.04 Å². The van der Waals surface area contributed by atoms with Crippen LogP contribution in [0.4, 0.5) is 4.39 Å². The highest BCUT2D eigenvalue weighted by Gasteiger charge is 2.46. The predicted molar refractivity (Wildman–Crippen MR) is 111 cm³/mol. The number of Topliss-reactive ketones (excluding diaryl/α,β-unsaturated/α-hetero) is 1. The average Bonchev–Trinajstić information content (AvgIpc) is 3.02. The van der Waals surface area contributed by atoms with Crippen LogP contribution in [0.2, 0.25) is 0 Å². The van der Waals surface area contributed by atoms with Crippen LogP contribution in [0.5, 0.6) is 11.5 Å². The molecule has 1 fully saturated rings. The van der Waals surface area contributed by atoms with E-state index in [0.717, 1.165) is 0 Å². The number of likely N-dealkylation sites (tertiary alicyclic amines) is 1. The highest BCUT2D eigenvalue weighted by molar-refractivity contribution is 6.46. The van der Waals surface area contributed by atoms with E-state index in [1.54, 1.807) is 18.2 Å². The molecule has 0 unspecified atom stereocenters. The van der Waals surface area contributed by atoms with Gasteiger partial charge >= 0.3 is 0 Å². The number of benzene rings is 2. The molecule has 2 aliphatic rings. The molecule has 1 saturated heterocycles. The Morgan fingerprint density at radius 3 is 2.45 bits per heavy atom. The number of fused-ring (bicyclic) bond motifs is 1. The van der Waals surface area contributed by atoms with Crippen LogP contribution < -0.4 is 9.47 Å². The molecule has 0 bridgehead atoms. The molecule has 0 saturated carbocycles. The number of carbonyl (C=O) groups excluding carboxylic acids is 2. The van der Waals surface area contributed by atoms with Gasteiger partial charge in [0.05, 0.1) is 11.6 Å². The van der Waals surface area contributed by atoms with E-state index < -0.39 is 23.5 Å². The van der Waals surface area contributed by atoms with Crippen LogP contribution in [-0.4, -0.2) is 67.0 Å². The smallest absolute Gasteiger partial charge is 0.295 e. The second kappa shape index (κ2) is 8.39. The van der Waals surface area contributed by atoms with Crippen LogP contribution in [0.3, 0.4) is 0 Å². The van der Waals surface area contributed by atoms with Gasteiger partial charge in [0.2, 0.25) is 0 Å². The number of aliphatic hydroxyl groups is 1. The molecule has 8 heteroatoms. The Morgan fingerprint density at radius 1 is 1.10 bits per heavy atom. The van der Waals surface area contributed by atoms with Crippen molar-refractivity contribution in [3.63, 3.8) is 0 Å². The Bertz CT molecular complexity index is 1050. The van der Waals surface area contributed by atoms with Crippen molar-refractivity contribution in [2.24, 2.45) is 0 Å². The molecule has 2 aromatic rings. The lowest BCUT2D eigenvalue weighted by atomic mass is 9.95. The van der Waals surface area contributed by atoms with Crippen LogP contribution in [0, 0.1) is 5.82 Å². The van der Waals surface area contributed by atoms with Crippen molar-refractivity contribution < 1.29 is 28.6 Å². The monoisotopic (exact) mass is 426 g/mol. The lowest BCUT2D eigenvalue weighted by Gasteiger charge is -2.26. The van der Waals surface area contributed by atoms with Gasteiger partial charge in [0.25, 0.3) is 11.7 Å². The summed E-state index contributed by atoms with van der Waals surface area (Å²) in [4.78, 5) is 29.1. The molecule has 2 aliphatic heterocycles. The van der Waals surface area contributed by atoms with E-state index in [2.05, 4.69) is 0 Å². The Balaban J connectivity index is 1.81. The molecular formula is C23H23FN2O5. The van der Waals surface area contributed by atoms with Gasteiger partial charge < -0.3 is 24.4 Å². The lowest BCUT2D eigenvalue weighted by Crippen LogP contribution is -2.35. The third kappa shape index (κ3) is 3.98. The van der Waals surface area contributed by atoms with Crippen molar-refractivity contribution in [1.82, 2.24) is 9.80 Å². The topological polar surface area (TPSA) is 79.3 Å². The van der Waals surface area contributed by atoms with Crippen molar-refractivity contribution in [1.29, 1.82) is 0 Å². The number of aliphatic hydroxyl groups excluding tert-OH is 1. The number of likely N-dealkylation sites (N-methyl/N-ethyl adjacent to an activating group) is 1. The lowest BCUT2D eigenvalue weighted by molar-refractivity contribution is -0.140. The molecule has 1 N–H and O–H groups in total. The zero-order valence-corrected chi connectivity index (χ0v) is 17.3. The highest BCUT2D eigenvalue weighted by atomic mass is 19.1. The molecule has 0 aromatic heterocycles. The number of carbonyl (C=O) groups is 2. The second-order valence-electron chi connectivity index (χ2n) is 7.71. The Labute approximate surface area is 179 Å². The fourth-order valence-corrected chi connectivity index (χ4v) is 3.76. The standard InChI is InChI=1S/C23H23FN2O5/c1-25(2)9-10-26-20(14-3-6-16(24)7-4-14)19(22(28)23(26)29)21(27)15-5-8-17-18(13-15)31-12-11-30-17/h3-8,13,20,27H,9-12H2,1-2H3/b21-19+/t20-/m0/s1. The summed E-state index contributed by atoms with van der Waals surface area (Å²) in [6, 6.07) is 9.59. The molecule has 0 radical (unpaired) electrons. The van der Waals surface area contributed by atoms with Gasteiger partial charge in [0.15, 0.2) is 11.5 Å². The fourth-order valence-electron chi connectivity index (χ4n) is 3.76. The van der Waals surface area contributed by atoms with E-state index in [1.165, 1.54) is 29.2 Å². The maximum absolute atomic E-state index is 13.5. The summed E-state index contributed by atoms with van der Waals surface area (Å²) < 4.78 is 24.6. The van der Waals surface area contributed by atoms with Gasteiger partial charge in [-0.05, 0) is 50.0 Å². The molecule has 31 heavy (non-hydrogen) atoms. The second-order valence-corrected chi connectivity index (χ2v) is 7.71. The minimum atomic E-state index is -0.825. The van der Waals surface area contributed by atoms with E-state index in [4.69, 9.17) is 9.47 Å². The fraction of sp³-hybridized carbons (Fsp3) is 0.304. The zero-order valence-electron chi connectivity index (χ0n) is 17.3. The Kier molecular flexibility index (Phi) is 5.65. The minimum absolute atomic E-state index is 0.0351. The number of rotatable bonds is 5. The number of ether oxygens (including phenoxy) is 2. The molecule has 1 atom stereocenters. The predicted octanol–water partition coefficient (Wildman–Crippen LogP) is 2.58. The summed E-state index contributed by atoms with van der Waals surface area (Å²) in [5, 5.41) is 11.1. The summed E-state index contributed by atoms with van der Waals surface area (Å²) in [7, 11) is 3.72. The minimum Gasteiger partial charge on any atom is -0.507 e. The summed E-state index contributed by atoms with van der Waals surface area (Å²) >= 11 is 0. The first-order chi connectivity index (χ1) is 14.9. The maximum atomic E-state index is 13.5. The van der Waals surface area contributed by atoms with Crippen LogP contribution in [0.25, 0.3) is 5.76 Å². The number of ketones is 1. The number of halogens is 1. The quantitative estimate of drug-likeness (QED) is 0.450. The molecule has 2 heterocycles. The van der Waals surface area contributed by atoms with Gasteiger partial charge in [-0.25, -0.2) is 4.39 Å². The molecule has 0 aliphatic carbocycles. The first-order valence-corrected chi connectivity index (χ1v) is 9.95. The van der Waals surface area contributed by atoms with Crippen molar-refractivity contribution in [3.8, 4) is 11.5 Å². The molecule has 162 valence electrons. The zero-order chi connectivity index (χ0) is 22.1. The average molecular weight is 426 g/mol. The summed E-state index contributed by atoms with van der Waals surface area (Å²) in [5.41, 5.74) is 0.840.